The highest BCUT2D eigenvalue weighted by Crippen LogP contribution is 2.47. The number of rotatable bonds is 5. The molecule has 9 heteroatoms. The molecule has 0 amide bonds. The number of hydrogen-bond acceptors (Lipinski definition) is 7. The number of carbonyl (C=O) groups excluding carboxylic acids is 2. The van der Waals surface area contributed by atoms with Crippen molar-refractivity contribution < 1.29 is 31.2 Å². The van der Waals surface area contributed by atoms with E-state index >= 15 is 0 Å². The van der Waals surface area contributed by atoms with Crippen molar-refractivity contribution in [1.82, 2.24) is 0 Å². The van der Waals surface area contributed by atoms with E-state index < -0.39 is 35.1 Å². The van der Waals surface area contributed by atoms with Crippen molar-refractivity contribution in [3.05, 3.63) is 96.6 Å². The molecule has 0 bridgehead atoms. The Kier molecular flexibility index (Phi) is 9.19. The number of ketones is 1. The maximum Gasteiger partial charge on any atom is 0.319 e. The van der Waals surface area contributed by atoms with Crippen LogP contribution in [0.3, 0.4) is 0 Å². The topological polar surface area (TPSA) is 112 Å². The molecule has 0 N–H and O–H groups in total. The zero-order valence-corrected chi connectivity index (χ0v) is 25.0. The van der Waals surface area contributed by atoms with Gasteiger partial charge in [-0.05, 0) is 63.3 Å². The van der Waals surface area contributed by atoms with E-state index in [-0.39, 0.29) is 53.6 Å². The summed E-state index contributed by atoms with van der Waals surface area (Å²) in [6.07, 6.45) is 9.60. The number of allylic oxidation sites excluding steroid dienone is 6. The van der Waals surface area contributed by atoms with Crippen LogP contribution in [-0.4, -0.2) is 39.8 Å². The summed E-state index contributed by atoms with van der Waals surface area (Å²) >= 11 is 0. The van der Waals surface area contributed by atoms with Gasteiger partial charge >= 0.3 is 5.97 Å². The maximum absolute atomic E-state index is 14.4. The number of esters is 1. The first-order valence-electron chi connectivity index (χ1n) is 13.7. The lowest BCUT2D eigenvalue weighted by atomic mass is 9.73. The summed E-state index contributed by atoms with van der Waals surface area (Å²) in [4.78, 5) is 25.8. The molecule has 0 spiro atoms. The molecular weight excluding hydrogens is 560 g/mol. The fourth-order valence-electron chi connectivity index (χ4n) is 6.02. The predicted molar refractivity (Wildman–Crippen MR) is 157 cm³/mol. The quantitative estimate of drug-likeness (QED) is 0.244. The smallest absolute Gasteiger partial charge is 0.319 e. The molecule has 0 aromatic heterocycles. The van der Waals surface area contributed by atoms with E-state index in [2.05, 4.69) is 0 Å². The SMILES string of the molecule is COC(=O)[C@]12CC/C=C(/C)CCC(S(=O)(=O)c3ccccc3)(S(=O)(=O)c3ccccc3)C/C=C\C=C\[C@@H]1CCC2=O. The Morgan fingerprint density at radius 2 is 1.44 bits per heavy atom. The largest absolute Gasteiger partial charge is 0.468 e. The summed E-state index contributed by atoms with van der Waals surface area (Å²) in [6.45, 7) is 1.81. The standard InChI is InChI=1S/C32H36O7S2/c1-25-13-12-23-32(30(34)39-2)26(19-20-29(32)33)14-6-5-11-22-31(24-21-25,40(35,36)27-15-7-3-8-16-27)41(37,38)28-17-9-4-10-18-28/h3-11,13-18,26H,12,19-24H2,1-2H3/b11-5-,14-6+,25-13-/t26-,32-/m1/s1. The molecule has 218 valence electrons. The molecular formula is C32H36O7S2. The number of benzene rings is 2. The van der Waals surface area contributed by atoms with Gasteiger partial charge in [-0.3, -0.25) is 9.59 Å². The van der Waals surface area contributed by atoms with Crippen LogP contribution in [0, 0.1) is 11.3 Å². The Balaban J connectivity index is 1.88. The lowest BCUT2D eigenvalue weighted by Gasteiger charge is -2.33. The second-order valence-corrected chi connectivity index (χ2v) is 15.5. The van der Waals surface area contributed by atoms with E-state index in [0.717, 1.165) is 5.57 Å². The fraction of sp³-hybridized carbons (Fsp3) is 0.375. The van der Waals surface area contributed by atoms with E-state index in [1.807, 2.05) is 13.0 Å². The van der Waals surface area contributed by atoms with Crippen molar-refractivity contribution in [2.75, 3.05) is 7.11 Å². The minimum atomic E-state index is -4.40. The van der Waals surface area contributed by atoms with E-state index in [4.69, 9.17) is 4.74 Å². The van der Waals surface area contributed by atoms with Gasteiger partial charge in [0.05, 0.1) is 16.9 Å². The maximum atomic E-state index is 14.4. The number of ether oxygens (including phenoxy) is 1. The molecule has 41 heavy (non-hydrogen) atoms. The second-order valence-electron chi connectivity index (χ2n) is 10.7. The summed E-state index contributed by atoms with van der Waals surface area (Å²) in [6, 6.07) is 15.4. The Labute approximate surface area is 242 Å². The molecule has 0 aliphatic heterocycles. The summed E-state index contributed by atoms with van der Waals surface area (Å²) in [5.74, 6) is -1.06. The minimum Gasteiger partial charge on any atom is -0.468 e. The first kappa shape index (κ1) is 30.7. The highest BCUT2D eigenvalue weighted by molar-refractivity contribution is 8.10. The van der Waals surface area contributed by atoms with Gasteiger partial charge in [0, 0.05) is 18.8 Å². The number of hydrogen-bond donors (Lipinski definition) is 0. The normalized spacial score (nSPS) is 26.5. The van der Waals surface area contributed by atoms with Crippen molar-refractivity contribution in [3.63, 3.8) is 0 Å². The van der Waals surface area contributed by atoms with Crippen LogP contribution in [0.1, 0.15) is 51.9 Å². The van der Waals surface area contributed by atoms with Crippen LogP contribution in [0.15, 0.2) is 106 Å². The average molecular weight is 597 g/mol. The van der Waals surface area contributed by atoms with Crippen molar-refractivity contribution in [2.45, 2.75) is 65.7 Å². The molecule has 2 aromatic rings. The molecule has 1 saturated carbocycles. The second kappa shape index (κ2) is 12.3. The van der Waals surface area contributed by atoms with Crippen LogP contribution in [0.25, 0.3) is 0 Å². The van der Waals surface area contributed by atoms with Gasteiger partial charge in [0.15, 0.2) is 29.5 Å². The third-order valence-corrected chi connectivity index (χ3v) is 14.2. The van der Waals surface area contributed by atoms with Gasteiger partial charge in [0.1, 0.15) is 5.41 Å². The van der Waals surface area contributed by atoms with Crippen LogP contribution in [0.4, 0.5) is 0 Å². The first-order chi connectivity index (χ1) is 19.5. The van der Waals surface area contributed by atoms with Gasteiger partial charge in [-0.2, -0.15) is 0 Å². The van der Waals surface area contributed by atoms with Crippen LogP contribution in [-0.2, 0) is 34.0 Å². The fourth-order valence-corrected chi connectivity index (χ4v) is 11.0. The van der Waals surface area contributed by atoms with Crippen LogP contribution >= 0.6 is 0 Å². The molecule has 7 nitrogen and oxygen atoms in total. The molecule has 1 fully saturated rings. The number of methoxy groups -OCH3 is 1. The highest BCUT2D eigenvalue weighted by atomic mass is 32.3. The van der Waals surface area contributed by atoms with Gasteiger partial charge in [-0.1, -0.05) is 72.4 Å². The molecule has 4 rings (SSSR count). The summed E-state index contributed by atoms with van der Waals surface area (Å²) in [5.41, 5.74) is -0.490. The van der Waals surface area contributed by atoms with Gasteiger partial charge < -0.3 is 4.74 Å². The van der Waals surface area contributed by atoms with E-state index in [1.54, 1.807) is 60.7 Å². The van der Waals surface area contributed by atoms with E-state index in [0.29, 0.717) is 12.8 Å². The zero-order chi connectivity index (χ0) is 29.7. The number of fused-ring (bicyclic) bond motifs is 1. The van der Waals surface area contributed by atoms with Crippen LogP contribution < -0.4 is 0 Å². The Morgan fingerprint density at radius 1 is 0.854 bits per heavy atom. The summed E-state index contributed by atoms with van der Waals surface area (Å²) in [7, 11) is -7.51. The van der Waals surface area contributed by atoms with Crippen molar-refractivity contribution in [2.24, 2.45) is 11.3 Å². The monoisotopic (exact) mass is 596 g/mol. The molecule has 0 heterocycles. The summed E-state index contributed by atoms with van der Waals surface area (Å²) < 4.78 is 60.4. The van der Waals surface area contributed by atoms with Gasteiger partial charge in [0.2, 0.25) is 0 Å². The third kappa shape index (κ3) is 5.49. The lowest BCUT2D eigenvalue weighted by Crippen LogP contribution is -2.46. The van der Waals surface area contributed by atoms with Crippen molar-refractivity contribution in [1.29, 1.82) is 0 Å². The highest BCUT2D eigenvalue weighted by Gasteiger charge is 2.56. The predicted octanol–water partition coefficient (Wildman–Crippen LogP) is 5.79. The Morgan fingerprint density at radius 3 is 2.00 bits per heavy atom. The zero-order valence-electron chi connectivity index (χ0n) is 23.4. The van der Waals surface area contributed by atoms with E-state index in [9.17, 15) is 26.4 Å². The van der Waals surface area contributed by atoms with Gasteiger partial charge in [-0.25, -0.2) is 16.8 Å². The first-order valence-corrected chi connectivity index (χ1v) is 16.7. The third-order valence-electron chi connectivity index (χ3n) is 8.40. The van der Waals surface area contributed by atoms with Crippen LogP contribution in [0.2, 0.25) is 0 Å². The van der Waals surface area contributed by atoms with Crippen molar-refractivity contribution in [3.8, 4) is 0 Å². The van der Waals surface area contributed by atoms with E-state index in [1.165, 1.54) is 31.4 Å². The number of sulfone groups is 2. The molecule has 2 aliphatic rings. The lowest BCUT2D eigenvalue weighted by molar-refractivity contribution is -0.158. The van der Waals surface area contributed by atoms with Crippen molar-refractivity contribution >= 4 is 31.4 Å². The molecule has 2 atom stereocenters. The number of carbonyl (C=O) groups is 2. The Hall–Kier alpha value is -3.30. The van der Waals surface area contributed by atoms with Gasteiger partial charge in [0.25, 0.3) is 0 Å². The molecule has 0 radical (unpaired) electrons. The van der Waals surface area contributed by atoms with Crippen LogP contribution in [0.5, 0.6) is 0 Å². The van der Waals surface area contributed by atoms with Gasteiger partial charge in [-0.15, -0.1) is 0 Å². The minimum absolute atomic E-state index is 0.0569. The molecule has 0 saturated heterocycles. The Bertz CT molecular complexity index is 1500. The average Bonchev–Trinajstić information content (AvgIpc) is 3.29. The molecule has 0 unspecified atom stereocenters. The number of Topliss-reactive ketones (excluding diaryl/α,β-unsaturated/α-hetero) is 1. The summed E-state index contributed by atoms with van der Waals surface area (Å²) in [5, 5.41) is 0. The molecule has 2 aromatic carbocycles. The molecule has 2 aliphatic carbocycles.